The first-order valence-corrected chi connectivity index (χ1v) is 5.56. The minimum Gasteiger partial charge on any atom is -0.504 e. The van der Waals surface area contributed by atoms with Gasteiger partial charge in [0.05, 0.1) is 5.88 Å². The number of alkyl halides is 1. The predicted octanol–water partition coefficient (Wildman–Crippen LogP) is 1.31. The predicted molar refractivity (Wildman–Crippen MR) is 59.7 cm³/mol. The molecule has 0 bridgehead atoms. The summed E-state index contributed by atoms with van der Waals surface area (Å²) in [4.78, 5) is 10.3. The number of carbonyl (C=O) groups excluding carboxylic acids is 1. The normalized spacial score (nSPS) is 21.9. The van der Waals surface area contributed by atoms with Crippen molar-refractivity contribution in [2.24, 2.45) is 0 Å². The number of aromatic hydroxyl groups is 1. The second-order valence-electron chi connectivity index (χ2n) is 3.50. The summed E-state index contributed by atoms with van der Waals surface area (Å²) in [6.45, 7) is 0.529. The van der Waals surface area contributed by atoms with Crippen molar-refractivity contribution in [2.45, 2.75) is 12.2 Å². The summed E-state index contributed by atoms with van der Waals surface area (Å²) in [6, 6.07) is 4.52. The van der Waals surface area contributed by atoms with Crippen LogP contribution in [0.15, 0.2) is 18.2 Å². The van der Waals surface area contributed by atoms with Crippen molar-refractivity contribution < 1.29 is 24.1 Å². The fourth-order valence-corrected chi connectivity index (χ4v) is 1.69. The van der Waals surface area contributed by atoms with E-state index >= 15 is 0 Å². The highest BCUT2D eigenvalue weighted by atomic mass is 35.5. The SMILES string of the molecule is O=COc1cccc(O)c1OCC1OC1CCl. The molecule has 0 radical (unpaired) electrons. The Balaban J connectivity index is 2.01. The lowest BCUT2D eigenvalue weighted by molar-refractivity contribution is -0.120. The van der Waals surface area contributed by atoms with Crippen LogP contribution in [0.3, 0.4) is 0 Å². The zero-order valence-electron chi connectivity index (χ0n) is 8.84. The average Bonchev–Trinajstić information content (AvgIpc) is 3.07. The van der Waals surface area contributed by atoms with Crippen molar-refractivity contribution in [3.8, 4) is 17.2 Å². The number of ether oxygens (including phenoxy) is 3. The minimum atomic E-state index is -0.0903. The molecule has 1 aliphatic rings. The Kier molecular flexibility index (Phi) is 3.71. The lowest BCUT2D eigenvalue weighted by Crippen LogP contribution is -2.09. The molecule has 1 N–H and O–H groups in total. The minimum absolute atomic E-state index is 0.00189. The summed E-state index contributed by atoms with van der Waals surface area (Å²) in [5.74, 6) is 0.617. The maximum absolute atomic E-state index is 10.3. The first-order chi connectivity index (χ1) is 8.26. The van der Waals surface area contributed by atoms with E-state index in [-0.39, 0.29) is 42.5 Å². The van der Waals surface area contributed by atoms with E-state index in [9.17, 15) is 9.90 Å². The number of epoxide rings is 1. The van der Waals surface area contributed by atoms with Gasteiger partial charge in [-0.15, -0.1) is 11.6 Å². The highest BCUT2D eigenvalue weighted by molar-refractivity contribution is 6.18. The van der Waals surface area contributed by atoms with Gasteiger partial charge in [-0.1, -0.05) is 6.07 Å². The Bertz CT molecular complexity index is 409. The second-order valence-corrected chi connectivity index (χ2v) is 3.81. The van der Waals surface area contributed by atoms with Gasteiger partial charge in [0.2, 0.25) is 5.75 Å². The molecule has 0 spiro atoms. The standard InChI is InChI=1S/C11H11ClO5/c12-4-9-10(17-9)5-15-11-7(14)2-1-3-8(11)16-6-13/h1-3,6,9-10,14H,4-5H2. The van der Waals surface area contributed by atoms with Gasteiger partial charge in [0.1, 0.15) is 18.8 Å². The van der Waals surface area contributed by atoms with Crippen LogP contribution in [0.5, 0.6) is 17.2 Å². The highest BCUT2D eigenvalue weighted by Gasteiger charge is 2.38. The number of benzene rings is 1. The lowest BCUT2D eigenvalue weighted by atomic mass is 10.3. The van der Waals surface area contributed by atoms with Gasteiger partial charge >= 0.3 is 0 Å². The molecule has 2 rings (SSSR count). The van der Waals surface area contributed by atoms with Crippen molar-refractivity contribution in [3.63, 3.8) is 0 Å². The molecule has 0 aliphatic carbocycles. The van der Waals surface area contributed by atoms with Crippen LogP contribution in [0, 0.1) is 0 Å². The van der Waals surface area contributed by atoms with Gasteiger partial charge in [-0.3, -0.25) is 4.79 Å². The van der Waals surface area contributed by atoms with Crippen LogP contribution in [0.4, 0.5) is 0 Å². The van der Waals surface area contributed by atoms with Gasteiger partial charge in [-0.25, -0.2) is 0 Å². The molecule has 1 aromatic carbocycles. The van der Waals surface area contributed by atoms with Crippen LogP contribution in [0.2, 0.25) is 0 Å². The monoisotopic (exact) mass is 258 g/mol. The van der Waals surface area contributed by atoms with E-state index in [4.69, 9.17) is 25.8 Å². The number of carbonyl (C=O) groups is 1. The second kappa shape index (κ2) is 5.25. The average molecular weight is 259 g/mol. The molecule has 1 saturated heterocycles. The summed E-state index contributed by atoms with van der Waals surface area (Å²) in [6.07, 6.45) is -0.0749. The van der Waals surface area contributed by atoms with Gasteiger partial charge in [-0.2, -0.15) is 0 Å². The molecular formula is C11H11ClO5. The van der Waals surface area contributed by atoms with E-state index in [1.165, 1.54) is 12.1 Å². The van der Waals surface area contributed by atoms with Crippen LogP contribution >= 0.6 is 11.6 Å². The van der Waals surface area contributed by atoms with E-state index in [0.717, 1.165) is 0 Å². The molecule has 1 fully saturated rings. The van der Waals surface area contributed by atoms with Crippen molar-refractivity contribution >= 4 is 18.1 Å². The molecule has 2 unspecified atom stereocenters. The van der Waals surface area contributed by atoms with Gasteiger partial charge in [0, 0.05) is 0 Å². The van der Waals surface area contributed by atoms with E-state index in [2.05, 4.69) is 0 Å². The summed E-state index contributed by atoms with van der Waals surface area (Å²) in [5.41, 5.74) is 0. The molecule has 0 saturated carbocycles. The van der Waals surface area contributed by atoms with Crippen LogP contribution < -0.4 is 9.47 Å². The third-order valence-corrected chi connectivity index (χ3v) is 2.67. The summed E-state index contributed by atoms with van der Waals surface area (Å²) >= 11 is 5.59. The van der Waals surface area contributed by atoms with Crippen molar-refractivity contribution in [2.75, 3.05) is 12.5 Å². The molecule has 92 valence electrons. The Labute approximate surface area is 103 Å². The van der Waals surface area contributed by atoms with Gasteiger partial charge in [0.15, 0.2) is 11.5 Å². The summed E-state index contributed by atoms with van der Waals surface area (Å²) < 4.78 is 15.2. The molecule has 1 heterocycles. The Hall–Kier alpha value is -1.46. The molecule has 17 heavy (non-hydrogen) atoms. The van der Waals surface area contributed by atoms with E-state index in [0.29, 0.717) is 5.88 Å². The van der Waals surface area contributed by atoms with Crippen LogP contribution in [0.25, 0.3) is 0 Å². The third-order valence-electron chi connectivity index (χ3n) is 2.36. The smallest absolute Gasteiger partial charge is 0.298 e. The van der Waals surface area contributed by atoms with Gasteiger partial charge in [0.25, 0.3) is 6.47 Å². The Morgan fingerprint density at radius 2 is 2.29 bits per heavy atom. The topological polar surface area (TPSA) is 68.3 Å². The maximum atomic E-state index is 10.3. The molecule has 0 aromatic heterocycles. The number of phenols is 1. The van der Waals surface area contributed by atoms with E-state index in [1.807, 2.05) is 0 Å². The summed E-state index contributed by atoms with van der Waals surface area (Å²) in [5, 5.41) is 9.59. The van der Waals surface area contributed by atoms with Crippen molar-refractivity contribution in [1.82, 2.24) is 0 Å². The third kappa shape index (κ3) is 2.81. The Morgan fingerprint density at radius 1 is 1.47 bits per heavy atom. The molecule has 6 heteroatoms. The van der Waals surface area contributed by atoms with Crippen LogP contribution in [-0.4, -0.2) is 36.3 Å². The zero-order valence-corrected chi connectivity index (χ0v) is 9.59. The molecule has 0 amide bonds. The fraction of sp³-hybridized carbons (Fsp3) is 0.364. The van der Waals surface area contributed by atoms with E-state index < -0.39 is 0 Å². The first-order valence-electron chi connectivity index (χ1n) is 5.02. The van der Waals surface area contributed by atoms with Crippen molar-refractivity contribution in [3.05, 3.63) is 18.2 Å². The lowest BCUT2D eigenvalue weighted by Gasteiger charge is -2.10. The molecule has 5 nitrogen and oxygen atoms in total. The highest BCUT2D eigenvalue weighted by Crippen LogP contribution is 2.37. The fourth-order valence-electron chi connectivity index (χ4n) is 1.42. The Morgan fingerprint density at radius 3 is 2.94 bits per heavy atom. The number of para-hydroxylation sites is 1. The number of hydrogen-bond acceptors (Lipinski definition) is 5. The summed E-state index contributed by atoms with van der Waals surface area (Å²) in [7, 11) is 0. The molecule has 1 aliphatic heterocycles. The quantitative estimate of drug-likeness (QED) is 0.473. The van der Waals surface area contributed by atoms with Crippen LogP contribution in [-0.2, 0) is 9.53 Å². The van der Waals surface area contributed by atoms with E-state index in [1.54, 1.807) is 6.07 Å². The number of hydrogen-bond donors (Lipinski definition) is 1. The molecular weight excluding hydrogens is 248 g/mol. The molecule has 2 atom stereocenters. The van der Waals surface area contributed by atoms with Gasteiger partial charge in [-0.05, 0) is 12.1 Å². The number of halogens is 1. The van der Waals surface area contributed by atoms with Gasteiger partial charge < -0.3 is 19.3 Å². The van der Waals surface area contributed by atoms with Crippen LogP contribution in [0.1, 0.15) is 0 Å². The number of rotatable bonds is 6. The number of phenolic OH excluding ortho intramolecular Hbond substituents is 1. The largest absolute Gasteiger partial charge is 0.504 e. The zero-order chi connectivity index (χ0) is 12.3. The molecule has 1 aromatic rings. The van der Waals surface area contributed by atoms with Crippen molar-refractivity contribution in [1.29, 1.82) is 0 Å². The first kappa shape index (κ1) is 12.0. The maximum Gasteiger partial charge on any atom is 0.298 e.